The van der Waals surface area contributed by atoms with Crippen LogP contribution in [-0.4, -0.2) is 6.21 Å². The number of benzene rings is 2. The van der Waals surface area contributed by atoms with Gasteiger partial charge in [0.1, 0.15) is 11.3 Å². The van der Waals surface area contributed by atoms with Crippen LogP contribution in [0.15, 0.2) is 74.9 Å². The van der Waals surface area contributed by atoms with Crippen molar-refractivity contribution >= 4 is 22.9 Å². The molecule has 0 fully saturated rings. The molecule has 1 heterocycles. The molecule has 0 aliphatic carbocycles. The molecule has 0 unspecified atom stereocenters. The maximum Gasteiger partial charge on any atom is 0.193 e. The van der Waals surface area contributed by atoms with E-state index in [0.29, 0.717) is 16.7 Å². The van der Waals surface area contributed by atoms with Gasteiger partial charge in [-0.1, -0.05) is 30.3 Å². The zero-order valence-electron chi connectivity index (χ0n) is 10.1. The van der Waals surface area contributed by atoms with Crippen LogP contribution in [0.25, 0.3) is 11.0 Å². The lowest BCUT2D eigenvalue weighted by Crippen LogP contribution is -2.01. The summed E-state index contributed by atoms with van der Waals surface area (Å²) in [5.74, 6) is 0.451. The molecule has 0 radical (unpaired) electrons. The van der Waals surface area contributed by atoms with Crippen molar-refractivity contribution < 1.29 is 4.42 Å². The van der Waals surface area contributed by atoms with E-state index in [2.05, 4.69) is 4.99 Å². The van der Waals surface area contributed by atoms with Crippen LogP contribution in [0.3, 0.4) is 0 Å². The molecule has 1 aromatic heterocycles. The Balaban J connectivity index is 2.02. The van der Waals surface area contributed by atoms with Gasteiger partial charge in [0, 0.05) is 6.07 Å². The molecule has 0 atom stereocenters. The second kappa shape index (κ2) is 4.90. The molecule has 3 aromatic rings. The van der Waals surface area contributed by atoms with Crippen molar-refractivity contribution in [3.63, 3.8) is 0 Å². The average Bonchev–Trinajstić information content (AvgIpc) is 2.46. The van der Waals surface area contributed by atoms with Crippen molar-refractivity contribution in [2.75, 3.05) is 0 Å². The minimum absolute atomic E-state index is 0.0589. The van der Waals surface area contributed by atoms with Gasteiger partial charge in [-0.2, -0.15) is 0 Å². The Labute approximate surface area is 109 Å². The summed E-state index contributed by atoms with van der Waals surface area (Å²) in [6.45, 7) is 0. The Kier molecular flexibility index (Phi) is 2.94. The van der Waals surface area contributed by atoms with Crippen LogP contribution in [0.2, 0.25) is 0 Å². The van der Waals surface area contributed by atoms with E-state index in [-0.39, 0.29) is 5.43 Å². The number of nitrogens with zero attached hydrogens (tertiary/aromatic N) is 1. The second-order valence-electron chi connectivity index (χ2n) is 4.10. The van der Waals surface area contributed by atoms with Gasteiger partial charge in [-0.3, -0.25) is 9.79 Å². The molecule has 92 valence electrons. The van der Waals surface area contributed by atoms with Crippen LogP contribution in [0.5, 0.6) is 0 Å². The molecular formula is C16H11NO2. The third-order valence-electron chi connectivity index (χ3n) is 2.75. The zero-order valence-corrected chi connectivity index (χ0v) is 10.1. The van der Waals surface area contributed by atoms with Gasteiger partial charge < -0.3 is 4.42 Å². The Morgan fingerprint density at radius 3 is 2.53 bits per heavy atom. The number of hydrogen-bond donors (Lipinski definition) is 0. The smallest absolute Gasteiger partial charge is 0.193 e. The molecule has 0 saturated carbocycles. The molecule has 0 aliphatic heterocycles. The van der Waals surface area contributed by atoms with Crippen molar-refractivity contribution in [2.24, 2.45) is 4.99 Å². The van der Waals surface area contributed by atoms with Crippen molar-refractivity contribution in [1.29, 1.82) is 0 Å². The van der Waals surface area contributed by atoms with E-state index in [4.69, 9.17) is 4.42 Å². The summed E-state index contributed by atoms with van der Waals surface area (Å²) >= 11 is 0. The molecular weight excluding hydrogens is 238 g/mol. The van der Waals surface area contributed by atoms with Gasteiger partial charge in [-0.05, 0) is 24.3 Å². The van der Waals surface area contributed by atoms with Gasteiger partial charge in [0.25, 0.3) is 0 Å². The van der Waals surface area contributed by atoms with Crippen LogP contribution in [0.1, 0.15) is 5.76 Å². The maximum absolute atomic E-state index is 11.9. The molecule has 0 bridgehead atoms. The summed E-state index contributed by atoms with van der Waals surface area (Å²) < 4.78 is 5.62. The summed E-state index contributed by atoms with van der Waals surface area (Å²) in [4.78, 5) is 16.2. The highest BCUT2D eigenvalue weighted by Crippen LogP contribution is 2.12. The maximum atomic E-state index is 11.9. The van der Waals surface area contributed by atoms with Gasteiger partial charge in [0.05, 0.1) is 17.3 Å². The van der Waals surface area contributed by atoms with Gasteiger partial charge in [0.15, 0.2) is 5.43 Å². The SMILES string of the molecule is O=c1cc(C=Nc2ccccc2)oc2ccccc12. The summed E-state index contributed by atoms with van der Waals surface area (Å²) in [7, 11) is 0. The first-order chi connectivity index (χ1) is 9.33. The van der Waals surface area contributed by atoms with E-state index in [9.17, 15) is 4.79 Å². The number of fused-ring (bicyclic) bond motifs is 1. The molecule has 3 rings (SSSR count). The van der Waals surface area contributed by atoms with Gasteiger partial charge >= 0.3 is 0 Å². The molecule has 0 amide bonds. The van der Waals surface area contributed by atoms with Crippen LogP contribution in [-0.2, 0) is 0 Å². The minimum atomic E-state index is -0.0589. The van der Waals surface area contributed by atoms with Crippen LogP contribution in [0.4, 0.5) is 5.69 Å². The first-order valence-electron chi connectivity index (χ1n) is 5.95. The quantitative estimate of drug-likeness (QED) is 0.652. The third-order valence-corrected chi connectivity index (χ3v) is 2.75. The minimum Gasteiger partial charge on any atom is -0.455 e. The fourth-order valence-corrected chi connectivity index (χ4v) is 1.84. The third kappa shape index (κ3) is 2.45. The van der Waals surface area contributed by atoms with Crippen molar-refractivity contribution in [2.45, 2.75) is 0 Å². The van der Waals surface area contributed by atoms with E-state index in [1.807, 2.05) is 42.5 Å². The van der Waals surface area contributed by atoms with Gasteiger partial charge in [0.2, 0.25) is 0 Å². The molecule has 0 spiro atoms. The summed E-state index contributed by atoms with van der Waals surface area (Å²) in [6, 6.07) is 18.1. The van der Waals surface area contributed by atoms with Crippen molar-refractivity contribution in [1.82, 2.24) is 0 Å². The van der Waals surface area contributed by atoms with Crippen LogP contribution >= 0.6 is 0 Å². The van der Waals surface area contributed by atoms with E-state index in [1.54, 1.807) is 18.3 Å². The molecule has 0 saturated heterocycles. The van der Waals surface area contributed by atoms with E-state index in [1.165, 1.54) is 6.07 Å². The fraction of sp³-hybridized carbons (Fsp3) is 0. The fourth-order valence-electron chi connectivity index (χ4n) is 1.84. The predicted octanol–water partition coefficient (Wildman–Crippen LogP) is 3.54. The van der Waals surface area contributed by atoms with Gasteiger partial charge in [-0.15, -0.1) is 0 Å². The highest BCUT2D eigenvalue weighted by atomic mass is 16.3. The van der Waals surface area contributed by atoms with E-state index in [0.717, 1.165) is 5.69 Å². The summed E-state index contributed by atoms with van der Waals surface area (Å²) in [6.07, 6.45) is 1.56. The lowest BCUT2D eigenvalue weighted by molar-refractivity contribution is 0.594. The Hall–Kier alpha value is -2.68. The number of para-hydroxylation sites is 2. The Morgan fingerprint density at radius 2 is 1.68 bits per heavy atom. The van der Waals surface area contributed by atoms with E-state index < -0.39 is 0 Å². The lowest BCUT2D eigenvalue weighted by atomic mass is 10.2. The summed E-state index contributed by atoms with van der Waals surface area (Å²) in [5, 5.41) is 0.583. The first kappa shape index (κ1) is 11.4. The van der Waals surface area contributed by atoms with E-state index >= 15 is 0 Å². The first-order valence-corrected chi connectivity index (χ1v) is 5.95. The Bertz CT molecular complexity index is 788. The molecule has 19 heavy (non-hydrogen) atoms. The predicted molar refractivity (Wildman–Crippen MR) is 76.2 cm³/mol. The number of aliphatic imine (C=N–C) groups is 1. The highest BCUT2D eigenvalue weighted by molar-refractivity contribution is 5.83. The van der Waals surface area contributed by atoms with Crippen LogP contribution in [0, 0.1) is 0 Å². The van der Waals surface area contributed by atoms with Gasteiger partial charge in [-0.25, -0.2) is 0 Å². The van der Waals surface area contributed by atoms with Crippen LogP contribution < -0.4 is 5.43 Å². The zero-order chi connectivity index (χ0) is 13.1. The number of rotatable bonds is 2. The van der Waals surface area contributed by atoms with Crippen molar-refractivity contribution in [3.05, 3.63) is 76.6 Å². The second-order valence-corrected chi connectivity index (χ2v) is 4.10. The molecule has 2 aromatic carbocycles. The molecule has 3 nitrogen and oxygen atoms in total. The monoisotopic (exact) mass is 249 g/mol. The highest BCUT2D eigenvalue weighted by Gasteiger charge is 2.01. The largest absolute Gasteiger partial charge is 0.455 e. The lowest BCUT2D eigenvalue weighted by Gasteiger charge is -1.98. The Morgan fingerprint density at radius 1 is 0.947 bits per heavy atom. The molecule has 0 aliphatic rings. The molecule has 3 heteroatoms. The summed E-state index contributed by atoms with van der Waals surface area (Å²) in [5.41, 5.74) is 1.33. The number of hydrogen-bond acceptors (Lipinski definition) is 3. The average molecular weight is 249 g/mol. The standard InChI is InChI=1S/C16H11NO2/c18-15-10-13(11-17-12-6-2-1-3-7-12)19-16-9-5-4-8-14(15)16/h1-11H. The normalized spacial score (nSPS) is 11.2. The topological polar surface area (TPSA) is 42.6 Å². The van der Waals surface area contributed by atoms with Crippen molar-refractivity contribution in [3.8, 4) is 0 Å². The molecule has 0 N–H and O–H groups in total.